The first-order valence-electron chi connectivity index (χ1n) is 20.4. The number of thiocarbonyl (C=S) groups is 1. The van der Waals surface area contributed by atoms with E-state index in [1.165, 1.54) is 15.9 Å². The average Bonchev–Trinajstić information content (AvgIpc) is 3.61. The molecule has 1 aliphatic carbocycles. The molecule has 3 aliphatic heterocycles. The standard InChI is InChI=1S/C42H50F3N9O5S/c1-24-19-30(20-25(2)52(24)23-35(56)47-33-8-6-7-31-36(33)50(5)49-37(31)51-17-15-34(55)48-39(51)58)59-18-16-26-9-12-28(13-10-26)54-40(60)53(38(57)41(54,3)4)29-14-11-27(22-46)32(21-29)42(43,44)45/h6-8,11,14,21,24-26,28,30H,9-10,12-13,15-20,23H2,1-5H3,(H,47,56)(H,48,55,58)/t24-,25+,26?,28?,30?. The Bertz CT molecular complexity index is 2240. The van der Waals surface area contributed by atoms with Crippen LogP contribution in [-0.4, -0.2) is 97.9 Å². The van der Waals surface area contributed by atoms with E-state index in [0.29, 0.717) is 34.9 Å². The molecule has 320 valence electrons. The number of carbonyl (C=O) groups excluding carboxylic acids is 4. The predicted octanol–water partition coefficient (Wildman–Crippen LogP) is 6.47. The normalized spacial score (nSPS) is 25.2. The third kappa shape index (κ3) is 8.31. The van der Waals surface area contributed by atoms with E-state index in [-0.39, 0.29) is 66.4 Å². The fourth-order valence-corrected chi connectivity index (χ4v) is 10.1. The lowest BCUT2D eigenvalue weighted by molar-refractivity contribution is -0.137. The van der Waals surface area contributed by atoms with Crippen LogP contribution in [0.25, 0.3) is 10.9 Å². The van der Waals surface area contributed by atoms with Crippen LogP contribution in [0.5, 0.6) is 0 Å². The zero-order chi connectivity index (χ0) is 43.3. The van der Waals surface area contributed by atoms with Gasteiger partial charge >= 0.3 is 12.2 Å². The van der Waals surface area contributed by atoms with E-state index in [1.807, 2.05) is 11.0 Å². The second kappa shape index (κ2) is 16.7. The Labute approximate surface area is 351 Å². The number of fused-ring (bicyclic) bond motifs is 1. The number of ether oxygens (including phenoxy) is 1. The van der Waals surface area contributed by atoms with Crippen molar-refractivity contribution >= 4 is 69.2 Å². The van der Waals surface area contributed by atoms with Crippen LogP contribution in [0.15, 0.2) is 36.4 Å². The quantitative estimate of drug-likeness (QED) is 0.217. The van der Waals surface area contributed by atoms with Crippen LogP contribution in [0.3, 0.4) is 0 Å². The van der Waals surface area contributed by atoms with E-state index >= 15 is 0 Å². The molecule has 4 aliphatic rings. The highest BCUT2D eigenvalue weighted by Gasteiger charge is 2.52. The molecule has 0 radical (unpaired) electrons. The maximum absolute atomic E-state index is 13.8. The summed E-state index contributed by atoms with van der Waals surface area (Å²) in [6.45, 7) is 8.72. The molecule has 3 atom stereocenters. The van der Waals surface area contributed by atoms with Crippen LogP contribution in [0.4, 0.5) is 35.2 Å². The smallest absolute Gasteiger partial charge is 0.378 e. The van der Waals surface area contributed by atoms with Gasteiger partial charge in [0.15, 0.2) is 10.9 Å². The minimum Gasteiger partial charge on any atom is -0.378 e. The van der Waals surface area contributed by atoms with Gasteiger partial charge in [0.2, 0.25) is 11.8 Å². The van der Waals surface area contributed by atoms with E-state index in [2.05, 4.69) is 34.5 Å². The topological polar surface area (TPSA) is 156 Å². The number of benzene rings is 2. The van der Waals surface area contributed by atoms with Gasteiger partial charge in [-0.3, -0.25) is 39.1 Å². The Morgan fingerprint density at radius 1 is 1.08 bits per heavy atom. The van der Waals surface area contributed by atoms with Gasteiger partial charge in [-0.25, -0.2) is 4.79 Å². The monoisotopic (exact) mass is 849 g/mol. The number of carbonyl (C=O) groups is 4. The van der Waals surface area contributed by atoms with Crippen molar-refractivity contribution in [3.05, 3.63) is 47.5 Å². The van der Waals surface area contributed by atoms with Gasteiger partial charge in [-0.05, 0) is 121 Å². The van der Waals surface area contributed by atoms with Gasteiger partial charge < -0.3 is 15.0 Å². The minimum atomic E-state index is -4.76. The number of aromatic nitrogens is 2. The number of aryl methyl sites for hydroxylation is 1. The number of nitriles is 1. The predicted molar refractivity (Wildman–Crippen MR) is 222 cm³/mol. The second-order valence-corrected chi connectivity index (χ2v) is 17.3. The number of urea groups is 1. The van der Waals surface area contributed by atoms with Crippen LogP contribution in [0.2, 0.25) is 0 Å². The van der Waals surface area contributed by atoms with Crippen molar-refractivity contribution in [3.8, 4) is 6.07 Å². The van der Waals surface area contributed by atoms with Crippen molar-refractivity contribution in [1.29, 1.82) is 5.26 Å². The van der Waals surface area contributed by atoms with E-state index in [1.54, 1.807) is 43.8 Å². The summed E-state index contributed by atoms with van der Waals surface area (Å²) in [5, 5.41) is 20.0. The second-order valence-electron chi connectivity index (χ2n) is 16.9. The lowest BCUT2D eigenvalue weighted by atomic mass is 9.82. The number of piperidine rings is 1. The maximum atomic E-state index is 13.8. The van der Waals surface area contributed by atoms with Gasteiger partial charge in [0.25, 0.3) is 5.91 Å². The molecule has 0 bridgehead atoms. The van der Waals surface area contributed by atoms with Gasteiger partial charge in [-0.2, -0.15) is 23.5 Å². The molecule has 4 heterocycles. The van der Waals surface area contributed by atoms with Gasteiger partial charge in [0.05, 0.1) is 46.7 Å². The van der Waals surface area contributed by atoms with Crippen molar-refractivity contribution in [2.45, 2.75) is 115 Å². The van der Waals surface area contributed by atoms with Gasteiger partial charge in [0, 0.05) is 50.1 Å². The Morgan fingerprint density at radius 2 is 1.78 bits per heavy atom. The number of alkyl halides is 3. The molecule has 0 spiro atoms. The number of nitrogens with zero attached hydrogens (tertiary/aromatic N) is 7. The summed E-state index contributed by atoms with van der Waals surface area (Å²) in [7, 11) is 1.75. The highest BCUT2D eigenvalue weighted by Crippen LogP contribution is 2.42. The van der Waals surface area contributed by atoms with Gasteiger partial charge in [0.1, 0.15) is 5.54 Å². The van der Waals surface area contributed by atoms with E-state index < -0.39 is 34.8 Å². The molecule has 1 aromatic heterocycles. The first kappa shape index (κ1) is 43.0. The highest BCUT2D eigenvalue weighted by atomic mass is 32.1. The number of imide groups is 1. The third-order valence-corrected chi connectivity index (χ3v) is 12.9. The SMILES string of the molecule is C[C@@H]1CC(OCCC2CCC(N3C(=S)N(c4ccc(C#N)c(C(F)(F)F)c4)C(=O)C3(C)C)CC2)C[C@H](C)N1CC(=O)Nc1cccc2c(N3CCC(=O)NC3=O)nn(C)c12. The Balaban J connectivity index is 0.884. The molecule has 60 heavy (non-hydrogen) atoms. The maximum Gasteiger partial charge on any atom is 0.417 e. The van der Waals surface area contributed by atoms with Crippen molar-refractivity contribution in [1.82, 2.24) is 24.9 Å². The molecule has 3 aromatic rings. The fraction of sp³-hybridized carbons (Fsp3) is 0.548. The van der Waals surface area contributed by atoms with Crippen molar-refractivity contribution in [2.75, 3.05) is 34.8 Å². The molecule has 14 nitrogen and oxygen atoms in total. The van der Waals surface area contributed by atoms with Crippen LogP contribution < -0.4 is 20.4 Å². The highest BCUT2D eigenvalue weighted by molar-refractivity contribution is 7.80. The summed E-state index contributed by atoms with van der Waals surface area (Å²) in [6, 6.07) is 9.89. The molecule has 1 saturated carbocycles. The number of nitrogens with one attached hydrogen (secondary N) is 2. The summed E-state index contributed by atoms with van der Waals surface area (Å²) in [4.78, 5) is 58.1. The van der Waals surface area contributed by atoms with Crippen LogP contribution in [0, 0.1) is 17.2 Å². The molecular formula is C42H50F3N9O5S. The molecular weight excluding hydrogens is 800 g/mol. The molecule has 5 amide bonds. The zero-order valence-corrected chi connectivity index (χ0v) is 35.2. The summed E-state index contributed by atoms with van der Waals surface area (Å²) < 4.78 is 49.4. The first-order chi connectivity index (χ1) is 28.4. The largest absolute Gasteiger partial charge is 0.417 e. The molecule has 7 rings (SSSR count). The van der Waals surface area contributed by atoms with Crippen LogP contribution in [-0.2, 0) is 32.3 Å². The molecule has 1 unspecified atom stereocenters. The molecule has 18 heteroatoms. The summed E-state index contributed by atoms with van der Waals surface area (Å²) in [6.07, 6.45) is 1.25. The Morgan fingerprint density at radius 3 is 2.43 bits per heavy atom. The number of rotatable bonds is 10. The van der Waals surface area contributed by atoms with Gasteiger partial charge in [-0.1, -0.05) is 6.07 Å². The molecule has 4 fully saturated rings. The molecule has 2 aromatic carbocycles. The summed E-state index contributed by atoms with van der Waals surface area (Å²) >= 11 is 5.76. The molecule has 3 saturated heterocycles. The molecule has 2 N–H and O–H groups in total. The number of hydrogen-bond acceptors (Lipinski definition) is 9. The minimum absolute atomic E-state index is 0.00352. The van der Waals surface area contributed by atoms with Crippen LogP contribution in [0.1, 0.15) is 90.2 Å². The lowest BCUT2D eigenvalue weighted by Crippen LogP contribution is -2.51. The number of para-hydroxylation sites is 1. The Kier molecular flexibility index (Phi) is 12.0. The summed E-state index contributed by atoms with van der Waals surface area (Å²) in [5.74, 6) is -0.0623. The van der Waals surface area contributed by atoms with E-state index in [9.17, 15) is 37.6 Å². The number of likely N-dealkylation sites (tertiary alicyclic amines) is 1. The third-order valence-electron chi connectivity index (χ3n) is 12.6. The van der Waals surface area contributed by atoms with Crippen molar-refractivity contribution in [3.63, 3.8) is 0 Å². The first-order valence-corrected chi connectivity index (χ1v) is 20.8. The van der Waals surface area contributed by atoms with Gasteiger partial charge in [-0.15, -0.1) is 0 Å². The van der Waals surface area contributed by atoms with E-state index in [0.717, 1.165) is 57.1 Å². The van der Waals surface area contributed by atoms with Crippen molar-refractivity contribution < 1.29 is 37.1 Å². The number of amides is 5. The Hall–Kier alpha value is -5.12. The summed E-state index contributed by atoms with van der Waals surface area (Å²) in [5.41, 5.74) is -1.43. The number of anilines is 3. The fourth-order valence-electron chi connectivity index (χ4n) is 9.50. The van der Waals surface area contributed by atoms with E-state index in [4.69, 9.17) is 17.0 Å². The number of hydrogen-bond donors (Lipinski definition) is 2. The average molecular weight is 850 g/mol. The zero-order valence-electron chi connectivity index (χ0n) is 34.3. The lowest BCUT2D eigenvalue weighted by Gasteiger charge is -2.42. The van der Waals surface area contributed by atoms with Crippen molar-refractivity contribution in [2.24, 2.45) is 13.0 Å². The van der Waals surface area contributed by atoms with Crippen LogP contribution >= 0.6 is 12.2 Å². The number of halogens is 3.